The molecule has 0 aromatic heterocycles. The van der Waals surface area contributed by atoms with Gasteiger partial charge in [0.1, 0.15) is 0 Å². The number of allylic oxidation sites excluding steroid dienone is 1. The highest BCUT2D eigenvalue weighted by molar-refractivity contribution is 7.89. The van der Waals surface area contributed by atoms with E-state index in [0.29, 0.717) is 11.5 Å². The highest BCUT2D eigenvalue weighted by Crippen LogP contribution is 2.30. The van der Waals surface area contributed by atoms with Gasteiger partial charge in [-0.3, -0.25) is 4.79 Å². The van der Waals surface area contributed by atoms with E-state index in [0.717, 1.165) is 0 Å². The van der Waals surface area contributed by atoms with Gasteiger partial charge in [-0.15, -0.1) is 0 Å². The number of amides is 1. The molecule has 1 aliphatic heterocycles. The molecular weight excluding hydrogens is 388 g/mol. The van der Waals surface area contributed by atoms with Crippen molar-refractivity contribution < 1.29 is 32.2 Å². The number of nitrogens with zero attached hydrogens (tertiary/aromatic N) is 2. The van der Waals surface area contributed by atoms with Crippen molar-refractivity contribution >= 4 is 21.9 Å². The topological polar surface area (TPSA) is 102 Å². The first kappa shape index (κ1) is 21.7. The first-order chi connectivity index (χ1) is 13.3. The van der Waals surface area contributed by atoms with E-state index in [1.54, 1.807) is 6.92 Å². The van der Waals surface area contributed by atoms with Gasteiger partial charge in [0, 0.05) is 38.3 Å². The average molecular weight is 412 g/mol. The standard InChI is InChI=1S/C18H24N2O7S/c1-4-5-18(22)27-13-17(21)19-8-10-20(11-9-19)28(23,24)14-6-7-15(25-2)16(12-14)26-3/h4-7,12H,8-11,13H2,1-3H3/b5-4+. The number of methoxy groups -OCH3 is 2. The predicted octanol–water partition coefficient (Wildman–Crippen LogP) is 0.656. The van der Waals surface area contributed by atoms with Gasteiger partial charge in [-0.2, -0.15) is 4.31 Å². The molecule has 1 fully saturated rings. The predicted molar refractivity (Wildman–Crippen MR) is 101 cm³/mol. The summed E-state index contributed by atoms with van der Waals surface area (Å²) in [4.78, 5) is 25.0. The number of carbonyl (C=O) groups excluding carboxylic acids is 2. The molecule has 28 heavy (non-hydrogen) atoms. The van der Waals surface area contributed by atoms with Crippen molar-refractivity contribution in [2.24, 2.45) is 0 Å². The third-order valence-electron chi connectivity index (χ3n) is 4.22. The largest absolute Gasteiger partial charge is 0.493 e. The molecule has 154 valence electrons. The molecule has 2 rings (SSSR count). The molecule has 0 saturated carbocycles. The Balaban J connectivity index is 2.00. The van der Waals surface area contributed by atoms with E-state index in [-0.39, 0.29) is 43.6 Å². The summed E-state index contributed by atoms with van der Waals surface area (Å²) in [6, 6.07) is 4.39. The lowest BCUT2D eigenvalue weighted by Gasteiger charge is -2.33. The van der Waals surface area contributed by atoms with Crippen molar-refractivity contribution in [1.82, 2.24) is 9.21 Å². The summed E-state index contributed by atoms with van der Waals surface area (Å²) in [6.07, 6.45) is 2.74. The highest BCUT2D eigenvalue weighted by atomic mass is 32.2. The van der Waals surface area contributed by atoms with E-state index >= 15 is 0 Å². The Labute approximate surface area is 164 Å². The van der Waals surface area contributed by atoms with Crippen LogP contribution in [0.4, 0.5) is 0 Å². The number of carbonyl (C=O) groups is 2. The normalized spacial score (nSPS) is 15.5. The molecule has 0 radical (unpaired) electrons. The fourth-order valence-electron chi connectivity index (χ4n) is 2.71. The van der Waals surface area contributed by atoms with Crippen molar-refractivity contribution in [3.63, 3.8) is 0 Å². The monoisotopic (exact) mass is 412 g/mol. The minimum Gasteiger partial charge on any atom is -0.493 e. The van der Waals surface area contributed by atoms with Crippen molar-refractivity contribution in [2.75, 3.05) is 47.0 Å². The zero-order valence-electron chi connectivity index (χ0n) is 16.1. The van der Waals surface area contributed by atoms with Gasteiger partial charge in [-0.25, -0.2) is 13.2 Å². The molecule has 1 aliphatic rings. The van der Waals surface area contributed by atoms with Gasteiger partial charge >= 0.3 is 5.97 Å². The first-order valence-corrected chi connectivity index (χ1v) is 10.1. The van der Waals surface area contributed by atoms with E-state index in [2.05, 4.69) is 0 Å². The van der Waals surface area contributed by atoms with E-state index in [1.807, 2.05) is 0 Å². The van der Waals surface area contributed by atoms with Gasteiger partial charge in [-0.05, 0) is 19.1 Å². The third kappa shape index (κ3) is 5.02. The summed E-state index contributed by atoms with van der Waals surface area (Å²) >= 11 is 0. The maximum Gasteiger partial charge on any atom is 0.330 e. The summed E-state index contributed by atoms with van der Waals surface area (Å²) in [5.74, 6) is -0.198. The summed E-state index contributed by atoms with van der Waals surface area (Å²) < 4.78 is 42.2. The molecule has 9 nitrogen and oxygen atoms in total. The van der Waals surface area contributed by atoms with Gasteiger partial charge in [0.2, 0.25) is 10.0 Å². The van der Waals surface area contributed by atoms with Gasteiger partial charge in [0.05, 0.1) is 19.1 Å². The van der Waals surface area contributed by atoms with Crippen LogP contribution in [-0.2, 0) is 24.3 Å². The summed E-state index contributed by atoms with van der Waals surface area (Å²) in [7, 11) is -0.834. The van der Waals surface area contributed by atoms with Crippen LogP contribution in [0, 0.1) is 0 Å². The van der Waals surface area contributed by atoms with E-state index in [1.165, 1.54) is 53.8 Å². The van der Waals surface area contributed by atoms with Crippen LogP contribution in [0.1, 0.15) is 6.92 Å². The Morgan fingerprint density at radius 1 is 1.07 bits per heavy atom. The molecule has 1 heterocycles. The van der Waals surface area contributed by atoms with E-state index in [4.69, 9.17) is 14.2 Å². The summed E-state index contributed by atoms with van der Waals surface area (Å²) in [5, 5.41) is 0. The second kappa shape index (κ2) is 9.56. The van der Waals surface area contributed by atoms with Crippen LogP contribution in [0.15, 0.2) is 35.2 Å². The van der Waals surface area contributed by atoms with Crippen LogP contribution in [0.2, 0.25) is 0 Å². The Hall–Kier alpha value is -2.59. The lowest BCUT2D eigenvalue weighted by atomic mass is 10.3. The maximum absolute atomic E-state index is 12.9. The Morgan fingerprint density at radius 3 is 2.29 bits per heavy atom. The number of benzene rings is 1. The number of sulfonamides is 1. The molecule has 1 aromatic rings. The first-order valence-electron chi connectivity index (χ1n) is 8.63. The van der Waals surface area contributed by atoms with Crippen LogP contribution in [0.3, 0.4) is 0 Å². The van der Waals surface area contributed by atoms with Crippen molar-refractivity contribution in [1.29, 1.82) is 0 Å². The Kier molecular flexibility index (Phi) is 7.41. The number of ether oxygens (including phenoxy) is 3. The van der Waals surface area contributed by atoms with Crippen molar-refractivity contribution in [3.05, 3.63) is 30.4 Å². The van der Waals surface area contributed by atoms with Crippen LogP contribution >= 0.6 is 0 Å². The maximum atomic E-state index is 12.9. The Morgan fingerprint density at radius 2 is 1.71 bits per heavy atom. The van der Waals surface area contributed by atoms with Gasteiger partial charge in [-0.1, -0.05) is 6.08 Å². The minimum absolute atomic E-state index is 0.0882. The molecule has 0 N–H and O–H groups in total. The zero-order chi connectivity index (χ0) is 20.7. The van der Waals surface area contributed by atoms with Crippen LogP contribution < -0.4 is 9.47 Å². The van der Waals surface area contributed by atoms with E-state index in [9.17, 15) is 18.0 Å². The lowest BCUT2D eigenvalue weighted by Crippen LogP contribution is -2.51. The second-order valence-corrected chi connectivity index (χ2v) is 7.85. The van der Waals surface area contributed by atoms with E-state index < -0.39 is 16.0 Å². The zero-order valence-corrected chi connectivity index (χ0v) is 16.9. The fraction of sp³-hybridized carbons (Fsp3) is 0.444. The fourth-order valence-corrected chi connectivity index (χ4v) is 4.15. The number of piperazine rings is 1. The van der Waals surface area contributed by atoms with Gasteiger partial charge in [0.25, 0.3) is 5.91 Å². The number of rotatable bonds is 7. The molecule has 0 atom stereocenters. The highest BCUT2D eigenvalue weighted by Gasteiger charge is 2.31. The molecule has 0 unspecified atom stereocenters. The molecule has 1 amide bonds. The van der Waals surface area contributed by atoms with Crippen molar-refractivity contribution in [3.8, 4) is 11.5 Å². The van der Waals surface area contributed by atoms with Gasteiger partial charge in [0.15, 0.2) is 18.1 Å². The molecule has 0 spiro atoms. The number of esters is 1. The molecule has 1 aromatic carbocycles. The van der Waals surface area contributed by atoms with Crippen LogP contribution in [0.25, 0.3) is 0 Å². The molecule has 0 aliphatic carbocycles. The average Bonchev–Trinajstić information content (AvgIpc) is 2.71. The van der Waals surface area contributed by atoms with Crippen LogP contribution in [-0.4, -0.2) is 76.5 Å². The van der Waals surface area contributed by atoms with Crippen LogP contribution in [0.5, 0.6) is 11.5 Å². The Bertz CT molecular complexity index is 843. The quantitative estimate of drug-likeness (QED) is 0.479. The third-order valence-corrected chi connectivity index (χ3v) is 6.12. The smallest absolute Gasteiger partial charge is 0.330 e. The molecule has 10 heteroatoms. The number of hydrogen-bond donors (Lipinski definition) is 0. The molecule has 1 saturated heterocycles. The van der Waals surface area contributed by atoms with Gasteiger partial charge < -0.3 is 19.1 Å². The number of hydrogen-bond acceptors (Lipinski definition) is 7. The second-order valence-electron chi connectivity index (χ2n) is 5.91. The SMILES string of the molecule is C/C=C/C(=O)OCC(=O)N1CCN(S(=O)(=O)c2ccc(OC)c(OC)c2)CC1. The lowest BCUT2D eigenvalue weighted by molar-refractivity contribution is -0.148. The molecule has 0 bridgehead atoms. The summed E-state index contributed by atoms with van der Waals surface area (Å²) in [6.45, 7) is 2.02. The van der Waals surface area contributed by atoms with Crippen molar-refractivity contribution in [2.45, 2.75) is 11.8 Å². The molecular formula is C18H24N2O7S. The minimum atomic E-state index is -3.74. The summed E-state index contributed by atoms with van der Waals surface area (Å²) in [5.41, 5.74) is 0.